The summed E-state index contributed by atoms with van der Waals surface area (Å²) < 4.78 is 30.5. The molecule has 27 heavy (non-hydrogen) atoms. The first kappa shape index (κ1) is 20.9. The lowest BCUT2D eigenvalue weighted by molar-refractivity contribution is -0.120. The van der Waals surface area contributed by atoms with Crippen LogP contribution in [0.3, 0.4) is 0 Å². The largest absolute Gasteiger partial charge is 0.497 e. The summed E-state index contributed by atoms with van der Waals surface area (Å²) in [5, 5.41) is 2.79. The molecule has 0 heterocycles. The Balaban J connectivity index is 1.88. The third-order valence-corrected chi connectivity index (χ3v) is 5.41. The van der Waals surface area contributed by atoms with Crippen LogP contribution in [-0.2, 0) is 27.8 Å². The topological polar surface area (TPSA) is 75.7 Å². The van der Waals surface area contributed by atoms with E-state index in [0.717, 1.165) is 16.7 Å². The molecule has 2 aromatic carbocycles. The van der Waals surface area contributed by atoms with Gasteiger partial charge in [-0.05, 0) is 30.2 Å². The number of carbonyl (C=O) groups excluding carboxylic acids is 1. The Kier molecular flexibility index (Phi) is 7.38. The van der Waals surface area contributed by atoms with Gasteiger partial charge in [-0.3, -0.25) is 4.79 Å². The maximum atomic E-state index is 12.1. The zero-order valence-electron chi connectivity index (χ0n) is 15.9. The number of nitrogens with one attached hydrogen (secondary N) is 1. The Bertz CT molecular complexity index is 847. The van der Waals surface area contributed by atoms with Gasteiger partial charge in [0.2, 0.25) is 15.9 Å². The first-order valence-electron chi connectivity index (χ1n) is 8.68. The number of nitrogens with zero attached hydrogens (tertiary/aromatic N) is 1. The highest BCUT2D eigenvalue weighted by molar-refractivity contribution is 7.88. The number of amides is 1. The van der Waals surface area contributed by atoms with Crippen LogP contribution in [0.25, 0.3) is 0 Å². The van der Waals surface area contributed by atoms with Crippen molar-refractivity contribution in [2.45, 2.75) is 19.9 Å². The van der Waals surface area contributed by atoms with Crippen molar-refractivity contribution in [2.24, 2.45) is 0 Å². The van der Waals surface area contributed by atoms with Crippen LogP contribution in [0.1, 0.15) is 16.7 Å². The SMILES string of the molecule is COc1ccc(CN(CCNC(=O)Cc2ccc(C)cc2)S(C)(=O)=O)cc1. The summed E-state index contributed by atoms with van der Waals surface area (Å²) in [6.07, 6.45) is 1.45. The van der Waals surface area contributed by atoms with E-state index in [-0.39, 0.29) is 32.0 Å². The smallest absolute Gasteiger partial charge is 0.224 e. The van der Waals surface area contributed by atoms with Gasteiger partial charge in [-0.15, -0.1) is 0 Å². The fourth-order valence-electron chi connectivity index (χ4n) is 2.57. The maximum Gasteiger partial charge on any atom is 0.224 e. The van der Waals surface area contributed by atoms with Crippen LogP contribution in [-0.4, -0.2) is 45.1 Å². The van der Waals surface area contributed by atoms with Crippen LogP contribution in [0.5, 0.6) is 5.75 Å². The number of aryl methyl sites for hydroxylation is 1. The summed E-state index contributed by atoms with van der Waals surface area (Å²) in [6, 6.07) is 15.0. The lowest BCUT2D eigenvalue weighted by Crippen LogP contribution is -2.38. The lowest BCUT2D eigenvalue weighted by Gasteiger charge is -2.20. The van der Waals surface area contributed by atoms with E-state index in [0.29, 0.717) is 5.75 Å². The Morgan fingerprint density at radius 1 is 1.04 bits per heavy atom. The Morgan fingerprint density at radius 3 is 2.19 bits per heavy atom. The molecule has 0 fully saturated rings. The van der Waals surface area contributed by atoms with Crippen molar-refractivity contribution in [1.29, 1.82) is 0 Å². The van der Waals surface area contributed by atoms with E-state index >= 15 is 0 Å². The quantitative estimate of drug-likeness (QED) is 0.712. The van der Waals surface area contributed by atoms with Gasteiger partial charge in [-0.25, -0.2) is 8.42 Å². The number of benzene rings is 2. The highest BCUT2D eigenvalue weighted by atomic mass is 32.2. The number of sulfonamides is 1. The molecule has 0 aliphatic heterocycles. The Morgan fingerprint density at radius 2 is 1.63 bits per heavy atom. The van der Waals surface area contributed by atoms with Crippen molar-refractivity contribution in [2.75, 3.05) is 26.5 Å². The molecule has 7 heteroatoms. The molecule has 0 unspecified atom stereocenters. The number of hydrogen-bond donors (Lipinski definition) is 1. The first-order chi connectivity index (χ1) is 12.8. The molecule has 0 spiro atoms. The molecule has 0 saturated carbocycles. The molecule has 6 nitrogen and oxygen atoms in total. The van der Waals surface area contributed by atoms with Crippen LogP contribution < -0.4 is 10.1 Å². The minimum Gasteiger partial charge on any atom is -0.497 e. The fourth-order valence-corrected chi connectivity index (χ4v) is 3.38. The number of carbonyl (C=O) groups is 1. The van der Waals surface area contributed by atoms with E-state index < -0.39 is 10.0 Å². The molecular formula is C20H26N2O4S. The second-order valence-electron chi connectivity index (χ2n) is 6.46. The summed E-state index contributed by atoms with van der Waals surface area (Å²) in [7, 11) is -1.81. The van der Waals surface area contributed by atoms with E-state index in [2.05, 4.69) is 5.32 Å². The van der Waals surface area contributed by atoms with Crippen LogP contribution in [0, 0.1) is 6.92 Å². The van der Waals surface area contributed by atoms with Gasteiger partial charge in [0.25, 0.3) is 0 Å². The molecule has 2 aromatic rings. The molecule has 0 atom stereocenters. The third-order valence-electron chi connectivity index (χ3n) is 4.16. The summed E-state index contributed by atoms with van der Waals surface area (Å²) in [4.78, 5) is 12.1. The van der Waals surface area contributed by atoms with E-state index in [4.69, 9.17) is 4.74 Å². The highest BCUT2D eigenvalue weighted by Gasteiger charge is 2.17. The van der Waals surface area contributed by atoms with Crippen molar-refractivity contribution >= 4 is 15.9 Å². The van der Waals surface area contributed by atoms with Crippen molar-refractivity contribution in [3.05, 3.63) is 65.2 Å². The van der Waals surface area contributed by atoms with E-state index in [1.807, 2.05) is 43.3 Å². The van der Waals surface area contributed by atoms with Gasteiger partial charge in [0.1, 0.15) is 5.75 Å². The van der Waals surface area contributed by atoms with E-state index in [1.54, 1.807) is 19.2 Å². The highest BCUT2D eigenvalue weighted by Crippen LogP contribution is 2.14. The standard InChI is InChI=1S/C20H26N2O4S/c1-16-4-6-17(7-5-16)14-20(23)21-12-13-22(27(3,24)25)15-18-8-10-19(26-2)11-9-18/h4-11H,12-15H2,1-3H3,(H,21,23). The molecule has 1 N–H and O–H groups in total. The lowest BCUT2D eigenvalue weighted by atomic mass is 10.1. The third kappa shape index (κ3) is 7.03. The van der Waals surface area contributed by atoms with Gasteiger partial charge >= 0.3 is 0 Å². The van der Waals surface area contributed by atoms with E-state index in [9.17, 15) is 13.2 Å². The molecule has 0 aromatic heterocycles. The first-order valence-corrected chi connectivity index (χ1v) is 10.5. The summed E-state index contributed by atoms with van der Waals surface area (Å²) >= 11 is 0. The molecule has 0 radical (unpaired) electrons. The van der Waals surface area contributed by atoms with Gasteiger partial charge in [-0.1, -0.05) is 42.0 Å². The molecule has 0 aliphatic carbocycles. The molecule has 0 aliphatic rings. The zero-order chi connectivity index (χ0) is 19.9. The van der Waals surface area contributed by atoms with Crippen molar-refractivity contribution in [1.82, 2.24) is 9.62 Å². The second kappa shape index (κ2) is 9.53. The molecule has 1 amide bonds. The molecule has 146 valence electrons. The van der Waals surface area contributed by atoms with Crippen LogP contribution in [0.4, 0.5) is 0 Å². The second-order valence-corrected chi connectivity index (χ2v) is 8.44. The fraction of sp³-hybridized carbons (Fsp3) is 0.350. The van der Waals surface area contributed by atoms with Gasteiger partial charge in [0.15, 0.2) is 0 Å². The predicted octanol–water partition coefficient (Wildman–Crippen LogP) is 2.12. The molecule has 0 bridgehead atoms. The number of ether oxygens (including phenoxy) is 1. The normalized spacial score (nSPS) is 11.4. The maximum absolute atomic E-state index is 12.1. The van der Waals surface area contributed by atoms with Crippen LogP contribution in [0.2, 0.25) is 0 Å². The predicted molar refractivity (Wildman–Crippen MR) is 106 cm³/mol. The Hall–Kier alpha value is -2.38. The van der Waals surface area contributed by atoms with Crippen LogP contribution >= 0.6 is 0 Å². The average Bonchev–Trinajstić information content (AvgIpc) is 2.62. The summed E-state index contributed by atoms with van der Waals surface area (Å²) in [5.41, 5.74) is 2.92. The summed E-state index contributed by atoms with van der Waals surface area (Å²) in [6.45, 7) is 2.71. The van der Waals surface area contributed by atoms with Gasteiger partial charge in [0.05, 0.1) is 19.8 Å². The van der Waals surface area contributed by atoms with Crippen molar-refractivity contribution < 1.29 is 17.9 Å². The van der Waals surface area contributed by atoms with Crippen molar-refractivity contribution in [3.63, 3.8) is 0 Å². The van der Waals surface area contributed by atoms with Gasteiger partial charge in [-0.2, -0.15) is 4.31 Å². The minimum absolute atomic E-state index is 0.128. The van der Waals surface area contributed by atoms with E-state index in [1.165, 1.54) is 10.6 Å². The molecule has 0 saturated heterocycles. The van der Waals surface area contributed by atoms with Gasteiger partial charge in [0, 0.05) is 19.6 Å². The average molecular weight is 391 g/mol. The summed E-state index contributed by atoms with van der Waals surface area (Å²) in [5.74, 6) is 0.588. The number of hydrogen-bond acceptors (Lipinski definition) is 4. The number of methoxy groups -OCH3 is 1. The minimum atomic E-state index is -3.39. The molecule has 2 rings (SSSR count). The van der Waals surface area contributed by atoms with Gasteiger partial charge < -0.3 is 10.1 Å². The van der Waals surface area contributed by atoms with Crippen LogP contribution in [0.15, 0.2) is 48.5 Å². The Labute approximate surface area is 161 Å². The monoisotopic (exact) mass is 390 g/mol. The zero-order valence-corrected chi connectivity index (χ0v) is 16.8. The van der Waals surface area contributed by atoms with Crippen molar-refractivity contribution in [3.8, 4) is 5.75 Å². The molecular weight excluding hydrogens is 364 g/mol. The number of rotatable bonds is 9.